The molecular formula is C18H14ClF2N3O3. The van der Waals surface area contributed by atoms with Gasteiger partial charge in [-0.05, 0) is 35.9 Å². The maximum absolute atomic E-state index is 12.3. The minimum absolute atomic E-state index is 0.00548. The van der Waals surface area contributed by atoms with Crippen LogP contribution in [-0.4, -0.2) is 24.4 Å². The minimum atomic E-state index is -2.95. The molecule has 0 spiro atoms. The van der Waals surface area contributed by atoms with Crippen LogP contribution in [0.3, 0.4) is 0 Å². The predicted molar refractivity (Wildman–Crippen MR) is 94.9 cm³/mol. The normalized spacial score (nSPS) is 16.5. The number of aliphatic imine (C=N–C) groups is 1. The van der Waals surface area contributed by atoms with Crippen molar-refractivity contribution in [2.24, 2.45) is 4.99 Å². The molecule has 6 nitrogen and oxygen atoms in total. The molecule has 1 aliphatic heterocycles. The Balaban J connectivity index is 1.74. The van der Waals surface area contributed by atoms with Crippen LogP contribution in [0.15, 0.2) is 53.5 Å². The topological polar surface area (TPSA) is 79.8 Å². The number of carbonyl (C=O) groups excluding carboxylic acids is 2. The standard InChI is InChI=1S/C18H14ClF2N3O3/c19-13-4-2-1-3-12(13)14-9-15(25)23-18(22-14)24-16(26)10-5-7-11(8-6-10)27-17(20)21/h1-8,14,17H,9H2,(H2,22,23,24,25,26). The zero-order valence-electron chi connectivity index (χ0n) is 13.8. The van der Waals surface area contributed by atoms with Crippen LogP contribution in [0.1, 0.15) is 28.4 Å². The van der Waals surface area contributed by atoms with Crippen molar-refractivity contribution in [3.8, 4) is 5.75 Å². The number of guanidine groups is 1. The lowest BCUT2D eigenvalue weighted by Crippen LogP contribution is -2.47. The smallest absolute Gasteiger partial charge is 0.387 e. The number of nitrogens with zero attached hydrogens (tertiary/aromatic N) is 1. The van der Waals surface area contributed by atoms with Crippen LogP contribution >= 0.6 is 11.6 Å². The molecule has 2 amide bonds. The molecule has 1 heterocycles. The van der Waals surface area contributed by atoms with E-state index in [1.807, 2.05) is 0 Å². The molecule has 2 aromatic carbocycles. The summed E-state index contributed by atoms with van der Waals surface area (Å²) >= 11 is 6.15. The van der Waals surface area contributed by atoms with Gasteiger partial charge >= 0.3 is 6.61 Å². The van der Waals surface area contributed by atoms with Crippen LogP contribution in [0.25, 0.3) is 0 Å². The Morgan fingerprint density at radius 3 is 2.59 bits per heavy atom. The molecule has 140 valence electrons. The molecule has 1 aliphatic rings. The predicted octanol–water partition coefficient (Wildman–Crippen LogP) is 3.29. The van der Waals surface area contributed by atoms with Gasteiger partial charge in [0.2, 0.25) is 11.9 Å². The Morgan fingerprint density at radius 2 is 1.93 bits per heavy atom. The van der Waals surface area contributed by atoms with E-state index in [4.69, 9.17) is 11.6 Å². The van der Waals surface area contributed by atoms with Gasteiger partial charge < -0.3 is 4.74 Å². The molecule has 27 heavy (non-hydrogen) atoms. The number of ether oxygens (including phenoxy) is 1. The van der Waals surface area contributed by atoms with Crippen LogP contribution in [0.2, 0.25) is 5.02 Å². The van der Waals surface area contributed by atoms with Crippen molar-refractivity contribution < 1.29 is 23.1 Å². The number of rotatable bonds is 4. The summed E-state index contributed by atoms with van der Waals surface area (Å²) in [7, 11) is 0. The van der Waals surface area contributed by atoms with Crippen molar-refractivity contribution >= 4 is 29.4 Å². The third kappa shape index (κ3) is 4.79. The van der Waals surface area contributed by atoms with Gasteiger partial charge in [0.05, 0.1) is 12.5 Å². The average Bonchev–Trinajstić information content (AvgIpc) is 2.61. The largest absolute Gasteiger partial charge is 0.435 e. The van der Waals surface area contributed by atoms with E-state index in [1.165, 1.54) is 24.3 Å². The number of hydrogen-bond donors (Lipinski definition) is 2. The lowest BCUT2D eigenvalue weighted by Gasteiger charge is -2.22. The first-order valence-corrected chi connectivity index (χ1v) is 8.28. The first kappa shape index (κ1) is 18.8. The van der Waals surface area contributed by atoms with Crippen molar-refractivity contribution in [1.29, 1.82) is 0 Å². The molecule has 2 aromatic rings. The zero-order chi connectivity index (χ0) is 19.4. The van der Waals surface area contributed by atoms with E-state index in [0.29, 0.717) is 10.6 Å². The van der Waals surface area contributed by atoms with E-state index in [9.17, 15) is 18.4 Å². The number of hydrogen-bond acceptors (Lipinski definition) is 4. The summed E-state index contributed by atoms with van der Waals surface area (Å²) in [6.45, 7) is -2.95. The first-order chi connectivity index (χ1) is 12.9. The van der Waals surface area contributed by atoms with Gasteiger partial charge in [-0.25, -0.2) is 4.99 Å². The Morgan fingerprint density at radius 1 is 1.22 bits per heavy atom. The highest BCUT2D eigenvalue weighted by Crippen LogP contribution is 2.29. The van der Waals surface area contributed by atoms with Crippen LogP contribution in [-0.2, 0) is 4.79 Å². The van der Waals surface area contributed by atoms with Crippen LogP contribution < -0.4 is 15.4 Å². The number of nitrogens with one attached hydrogen (secondary N) is 2. The molecule has 0 fully saturated rings. The summed E-state index contributed by atoms with van der Waals surface area (Å²) in [5.41, 5.74) is 0.864. The van der Waals surface area contributed by atoms with E-state index in [2.05, 4.69) is 20.4 Å². The molecule has 1 atom stereocenters. The lowest BCUT2D eigenvalue weighted by atomic mass is 10.0. The van der Waals surface area contributed by atoms with E-state index in [0.717, 1.165) is 0 Å². The molecule has 0 aliphatic carbocycles. The maximum atomic E-state index is 12.3. The van der Waals surface area contributed by atoms with Gasteiger partial charge in [0.15, 0.2) is 0 Å². The highest BCUT2D eigenvalue weighted by Gasteiger charge is 2.25. The molecule has 0 saturated carbocycles. The number of carbonyl (C=O) groups is 2. The fourth-order valence-electron chi connectivity index (χ4n) is 2.55. The van der Waals surface area contributed by atoms with E-state index in [-0.39, 0.29) is 29.6 Å². The van der Waals surface area contributed by atoms with Gasteiger partial charge in [0.25, 0.3) is 5.91 Å². The molecule has 0 saturated heterocycles. The maximum Gasteiger partial charge on any atom is 0.387 e. The Hall–Kier alpha value is -3.00. The van der Waals surface area contributed by atoms with Crippen LogP contribution in [0.4, 0.5) is 8.78 Å². The number of alkyl halides is 2. The molecule has 0 radical (unpaired) electrons. The minimum Gasteiger partial charge on any atom is -0.435 e. The van der Waals surface area contributed by atoms with Crippen molar-refractivity contribution in [3.05, 3.63) is 64.7 Å². The van der Waals surface area contributed by atoms with Crippen LogP contribution in [0.5, 0.6) is 5.75 Å². The molecule has 3 rings (SSSR count). The summed E-state index contributed by atoms with van der Waals surface area (Å²) in [4.78, 5) is 28.6. The van der Waals surface area contributed by atoms with Crippen molar-refractivity contribution in [1.82, 2.24) is 10.6 Å². The Kier molecular flexibility index (Phi) is 5.66. The summed E-state index contributed by atoms with van der Waals surface area (Å²) in [5, 5.41) is 5.45. The first-order valence-electron chi connectivity index (χ1n) is 7.90. The monoisotopic (exact) mass is 393 g/mol. The summed E-state index contributed by atoms with van der Waals surface area (Å²) in [6, 6.07) is 11.6. The van der Waals surface area contributed by atoms with Gasteiger partial charge in [-0.15, -0.1) is 0 Å². The second kappa shape index (κ2) is 8.13. The molecule has 0 bridgehead atoms. The summed E-state index contributed by atoms with van der Waals surface area (Å²) < 4.78 is 28.6. The number of amides is 2. The van der Waals surface area contributed by atoms with Gasteiger partial charge in [0.1, 0.15) is 5.75 Å². The van der Waals surface area contributed by atoms with E-state index in [1.54, 1.807) is 24.3 Å². The third-order valence-corrected chi connectivity index (χ3v) is 4.10. The van der Waals surface area contributed by atoms with Gasteiger partial charge in [-0.3, -0.25) is 20.2 Å². The Labute approximate surface area is 158 Å². The lowest BCUT2D eigenvalue weighted by molar-refractivity contribution is -0.120. The number of halogens is 3. The number of benzene rings is 2. The van der Waals surface area contributed by atoms with Gasteiger partial charge in [-0.1, -0.05) is 29.8 Å². The molecule has 0 aromatic heterocycles. The average molecular weight is 394 g/mol. The third-order valence-electron chi connectivity index (χ3n) is 3.76. The molecular weight excluding hydrogens is 380 g/mol. The fourth-order valence-corrected chi connectivity index (χ4v) is 2.81. The molecule has 1 unspecified atom stereocenters. The summed E-state index contributed by atoms with van der Waals surface area (Å²) in [6.07, 6.45) is 0.1000. The fraction of sp³-hybridized carbons (Fsp3) is 0.167. The van der Waals surface area contributed by atoms with Gasteiger partial charge in [-0.2, -0.15) is 8.78 Å². The quantitative estimate of drug-likeness (QED) is 0.836. The SMILES string of the molecule is O=C1CC(c2ccccc2Cl)N=C(NC(=O)c2ccc(OC(F)F)cc2)N1. The van der Waals surface area contributed by atoms with Crippen LogP contribution in [0, 0.1) is 0 Å². The highest BCUT2D eigenvalue weighted by molar-refractivity contribution is 6.31. The second-order valence-corrected chi connectivity index (χ2v) is 6.03. The highest BCUT2D eigenvalue weighted by atomic mass is 35.5. The Bertz CT molecular complexity index is 888. The van der Waals surface area contributed by atoms with Crippen molar-refractivity contribution in [2.45, 2.75) is 19.1 Å². The second-order valence-electron chi connectivity index (χ2n) is 5.62. The van der Waals surface area contributed by atoms with E-state index < -0.39 is 18.6 Å². The molecule has 2 N–H and O–H groups in total. The van der Waals surface area contributed by atoms with Gasteiger partial charge in [0, 0.05) is 10.6 Å². The van der Waals surface area contributed by atoms with E-state index >= 15 is 0 Å². The van der Waals surface area contributed by atoms with Crippen molar-refractivity contribution in [3.63, 3.8) is 0 Å². The zero-order valence-corrected chi connectivity index (χ0v) is 14.5. The van der Waals surface area contributed by atoms with Crippen molar-refractivity contribution in [2.75, 3.05) is 0 Å². The molecule has 9 heteroatoms. The summed E-state index contributed by atoms with van der Waals surface area (Å²) in [5.74, 6) is -0.943.